The van der Waals surface area contributed by atoms with E-state index in [1.54, 1.807) is 0 Å². The zero-order valence-electron chi connectivity index (χ0n) is 10.1. The van der Waals surface area contributed by atoms with Crippen molar-refractivity contribution in [3.8, 4) is 5.75 Å². The van der Waals surface area contributed by atoms with Gasteiger partial charge in [0, 0.05) is 0 Å². The predicted molar refractivity (Wildman–Crippen MR) is 78.2 cm³/mol. The molecule has 18 heavy (non-hydrogen) atoms. The van der Waals surface area contributed by atoms with Gasteiger partial charge in [-0.25, -0.2) is 13.6 Å². The summed E-state index contributed by atoms with van der Waals surface area (Å²) in [7, 11) is -3.72. The van der Waals surface area contributed by atoms with Gasteiger partial charge in [0.25, 0.3) is 0 Å². The first-order chi connectivity index (χ1) is 8.29. The zero-order chi connectivity index (χ0) is 13.9. The van der Waals surface area contributed by atoms with Crippen LogP contribution in [0.1, 0.15) is 26.7 Å². The van der Waals surface area contributed by atoms with Gasteiger partial charge in [0.05, 0.1) is 19.9 Å². The lowest BCUT2D eigenvalue weighted by atomic mass is 10.2. The lowest BCUT2D eigenvalue weighted by Gasteiger charge is -2.18. The summed E-state index contributed by atoms with van der Waals surface area (Å²) in [6, 6.07) is 2.88. The molecule has 0 aromatic heterocycles. The van der Waals surface area contributed by atoms with Crippen molar-refractivity contribution in [2.24, 2.45) is 5.14 Å². The summed E-state index contributed by atoms with van der Waals surface area (Å²) < 4.78 is 29.5. The van der Waals surface area contributed by atoms with Gasteiger partial charge in [-0.05, 0) is 56.8 Å². The van der Waals surface area contributed by atoms with Crippen molar-refractivity contribution in [1.29, 1.82) is 0 Å². The lowest BCUT2D eigenvalue weighted by Crippen LogP contribution is -2.15. The smallest absolute Gasteiger partial charge is 0.238 e. The summed E-state index contributed by atoms with van der Waals surface area (Å²) in [6.45, 7) is 4.07. The van der Waals surface area contributed by atoms with Crippen LogP contribution >= 0.6 is 31.9 Å². The topological polar surface area (TPSA) is 69.4 Å². The Morgan fingerprint density at radius 1 is 1.22 bits per heavy atom. The Labute approximate surface area is 124 Å². The number of primary sulfonamides is 1. The Morgan fingerprint density at radius 3 is 2.00 bits per heavy atom. The highest BCUT2D eigenvalue weighted by atomic mass is 79.9. The molecular weight excluding hydrogens is 386 g/mol. The van der Waals surface area contributed by atoms with Gasteiger partial charge < -0.3 is 4.74 Å². The number of rotatable bonds is 5. The minimum Gasteiger partial charge on any atom is -0.488 e. The summed E-state index contributed by atoms with van der Waals surface area (Å²) in [5, 5.41) is 5.09. The van der Waals surface area contributed by atoms with Crippen molar-refractivity contribution in [2.45, 2.75) is 37.7 Å². The molecule has 0 atom stereocenters. The van der Waals surface area contributed by atoms with Gasteiger partial charge in [0.2, 0.25) is 10.0 Å². The van der Waals surface area contributed by atoms with Crippen LogP contribution in [0, 0.1) is 0 Å². The van der Waals surface area contributed by atoms with E-state index in [0.717, 1.165) is 12.8 Å². The molecule has 1 aromatic carbocycles. The van der Waals surface area contributed by atoms with E-state index in [2.05, 4.69) is 31.9 Å². The molecule has 0 spiro atoms. The van der Waals surface area contributed by atoms with Gasteiger partial charge in [0.1, 0.15) is 5.75 Å². The number of sulfonamides is 1. The Bertz CT molecular complexity index is 504. The number of hydrogen-bond donors (Lipinski definition) is 1. The molecule has 0 unspecified atom stereocenters. The van der Waals surface area contributed by atoms with Crippen LogP contribution in [0.15, 0.2) is 26.0 Å². The number of benzene rings is 1. The number of halogens is 2. The van der Waals surface area contributed by atoms with Gasteiger partial charge in [-0.3, -0.25) is 0 Å². The summed E-state index contributed by atoms with van der Waals surface area (Å²) in [6.07, 6.45) is 1.86. The van der Waals surface area contributed by atoms with Crippen molar-refractivity contribution in [3.05, 3.63) is 21.1 Å². The van der Waals surface area contributed by atoms with Gasteiger partial charge in [-0.1, -0.05) is 13.8 Å². The third kappa shape index (κ3) is 3.94. The number of nitrogens with two attached hydrogens (primary N) is 1. The average molecular weight is 401 g/mol. The minimum atomic E-state index is -3.72. The zero-order valence-corrected chi connectivity index (χ0v) is 14.1. The van der Waals surface area contributed by atoms with Gasteiger partial charge >= 0.3 is 0 Å². The van der Waals surface area contributed by atoms with E-state index in [4.69, 9.17) is 9.88 Å². The first-order valence-corrected chi connectivity index (χ1v) is 8.61. The van der Waals surface area contributed by atoms with Crippen LogP contribution in [0.3, 0.4) is 0 Å². The van der Waals surface area contributed by atoms with E-state index in [1.807, 2.05) is 13.8 Å². The van der Waals surface area contributed by atoms with Crippen molar-refractivity contribution >= 4 is 41.9 Å². The Morgan fingerprint density at radius 2 is 1.67 bits per heavy atom. The fraction of sp³-hybridized carbons (Fsp3) is 0.455. The molecule has 0 aliphatic rings. The molecule has 1 aromatic rings. The van der Waals surface area contributed by atoms with Gasteiger partial charge in [-0.15, -0.1) is 0 Å². The van der Waals surface area contributed by atoms with Crippen molar-refractivity contribution in [3.63, 3.8) is 0 Å². The van der Waals surface area contributed by atoms with Crippen LogP contribution in [-0.2, 0) is 10.0 Å². The van der Waals surface area contributed by atoms with E-state index in [9.17, 15) is 8.42 Å². The maximum Gasteiger partial charge on any atom is 0.238 e. The van der Waals surface area contributed by atoms with Crippen LogP contribution in [0.25, 0.3) is 0 Å². The van der Waals surface area contributed by atoms with Crippen molar-refractivity contribution < 1.29 is 13.2 Å². The highest BCUT2D eigenvalue weighted by Crippen LogP contribution is 2.36. The molecule has 2 N–H and O–H groups in total. The summed E-state index contributed by atoms with van der Waals surface area (Å²) >= 11 is 6.60. The Kier molecular flexibility index (Phi) is 5.64. The molecule has 7 heteroatoms. The van der Waals surface area contributed by atoms with Crippen molar-refractivity contribution in [1.82, 2.24) is 0 Å². The second-order valence-corrected chi connectivity index (χ2v) is 7.09. The average Bonchev–Trinajstić information content (AvgIpc) is 2.27. The molecule has 1 rings (SSSR count). The molecule has 0 aliphatic heterocycles. The fourth-order valence-corrected chi connectivity index (χ4v) is 3.68. The summed E-state index contributed by atoms with van der Waals surface area (Å²) in [5.74, 6) is 0.594. The molecule has 0 saturated carbocycles. The highest BCUT2D eigenvalue weighted by molar-refractivity contribution is 9.11. The molecule has 0 amide bonds. The molecular formula is C11H15Br2NO3S. The van der Waals surface area contributed by atoms with E-state index in [0.29, 0.717) is 14.7 Å². The molecule has 102 valence electrons. The molecule has 4 nitrogen and oxygen atoms in total. The largest absolute Gasteiger partial charge is 0.488 e. The normalized spacial score (nSPS) is 11.9. The second-order valence-electron chi connectivity index (χ2n) is 3.82. The molecule has 0 saturated heterocycles. The van der Waals surface area contributed by atoms with Crippen LogP contribution < -0.4 is 9.88 Å². The van der Waals surface area contributed by atoms with E-state index in [-0.39, 0.29) is 11.0 Å². The van der Waals surface area contributed by atoms with Crippen LogP contribution in [0.2, 0.25) is 0 Å². The lowest BCUT2D eigenvalue weighted by molar-refractivity contribution is 0.190. The molecule has 0 bridgehead atoms. The number of hydrogen-bond acceptors (Lipinski definition) is 3. The monoisotopic (exact) mass is 399 g/mol. The summed E-state index contributed by atoms with van der Waals surface area (Å²) in [5.41, 5.74) is 0. The Hall–Kier alpha value is -0.110. The van der Waals surface area contributed by atoms with Gasteiger partial charge in [0.15, 0.2) is 0 Å². The van der Waals surface area contributed by atoms with Crippen LogP contribution in [-0.4, -0.2) is 14.5 Å². The summed E-state index contributed by atoms with van der Waals surface area (Å²) in [4.78, 5) is 0.0400. The SMILES string of the molecule is CCC(CC)Oc1c(Br)cc(S(N)(=O)=O)cc1Br. The van der Waals surface area contributed by atoms with E-state index >= 15 is 0 Å². The van der Waals surface area contributed by atoms with E-state index < -0.39 is 10.0 Å². The second kappa shape index (κ2) is 6.36. The maximum absolute atomic E-state index is 11.3. The van der Waals surface area contributed by atoms with Crippen LogP contribution in [0.5, 0.6) is 5.75 Å². The first-order valence-electron chi connectivity index (χ1n) is 5.48. The Balaban J connectivity index is 3.17. The van der Waals surface area contributed by atoms with Gasteiger partial charge in [-0.2, -0.15) is 0 Å². The third-order valence-electron chi connectivity index (χ3n) is 2.50. The molecule has 0 fully saturated rings. The highest BCUT2D eigenvalue weighted by Gasteiger charge is 2.17. The molecule has 0 radical (unpaired) electrons. The van der Waals surface area contributed by atoms with Crippen LogP contribution in [0.4, 0.5) is 0 Å². The maximum atomic E-state index is 11.3. The standard InChI is InChI=1S/C11H15Br2NO3S/c1-3-7(4-2)17-11-9(12)5-8(6-10(11)13)18(14,15)16/h5-7H,3-4H2,1-2H3,(H2,14,15,16). The fourth-order valence-electron chi connectivity index (χ4n) is 1.44. The van der Waals surface area contributed by atoms with Crippen molar-refractivity contribution in [2.75, 3.05) is 0 Å². The third-order valence-corrected chi connectivity index (χ3v) is 4.57. The first kappa shape index (κ1) is 15.9. The quantitative estimate of drug-likeness (QED) is 0.822. The minimum absolute atomic E-state index is 0.0400. The number of ether oxygens (including phenoxy) is 1. The van der Waals surface area contributed by atoms with E-state index in [1.165, 1.54) is 12.1 Å². The molecule has 0 heterocycles. The molecule has 0 aliphatic carbocycles. The predicted octanol–water partition coefficient (Wildman–Crippen LogP) is 3.43.